The van der Waals surface area contributed by atoms with Gasteiger partial charge in [-0.2, -0.15) is 0 Å². The zero-order chi connectivity index (χ0) is 13.7. The summed E-state index contributed by atoms with van der Waals surface area (Å²) in [6.07, 6.45) is 2.70. The minimum absolute atomic E-state index is 0.492. The molecule has 1 aromatic rings. The maximum Gasteiger partial charge on any atom is 0.328 e. The Labute approximate surface area is 107 Å². The van der Waals surface area contributed by atoms with Crippen LogP contribution in [0.3, 0.4) is 0 Å². The molecule has 0 saturated heterocycles. The van der Waals surface area contributed by atoms with E-state index in [1.807, 2.05) is 32.9 Å². The lowest BCUT2D eigenvalue weighted by molar-refractivity contribution is -0.131. The van der Waals surface area contributed by atoms with Gasteiger partial charge in [0.2, 0.25) is 0 Å². The molecule has 0 bridgehead atoms. The van der Waals surface area contributed by atoms with Crippen LogP contribution in [0.25, 0.3) is 6.08 Å². The molecule has 0 radical (unpaired) electrons. The molecular weight excluding hydrogens is 228 g/mol. The van der Waals surface area contributed by atoms with Crippen molar-refractivity contribution < 1.29 is 14.6 Å². The lowest BCUT2D eigenvalue weighted by Crippen LogP contribution is -2.01. The van der Waals surface area contributed by atoms with Crippen LogP contribution in [-0.2, 0) is 4.79 Å². The summed E-state index contributed by atoms with van der Waals surface area (Å²) in [5.41, 5.74) is 3.79. The first-order valence-corrected chi connectivity index (χ1v) is 5.69. The van der Waals surface area contributed by atoms with Crippen LogP contribution in [0.4, 0.5) is 0 Å². The van der Waals surface area contributed by atoms with Crippen LogP contribution < -0.4 is 4.74 Å². The second-order valence-electron chi connectivity index (χ2n) is 4.40. The molecule has 3 heteroatoms. The van der Waals surface area contributed by atoms with Crippen molar-refractivity contribution in [1.82, 2.24) is 0 Å². The monoisotopic (exact) mass is 246 g/mol. The van der Waals surface area contributed by atoms with Crippen molar-refractivity contribution in [3.8, 4) is 5.75 Å². The highest BCUT2D eigenvalue weighted by molar-refractivity contribution is 5.85. The molecule has 3 nitrogen and oxygen atoms in total. The Morgan fingerprint density at radius 2 is 1.94 bits per heavy atom. The lowest BCUT2D eigenvalue weighted by Gasteiger charge is -2.13. The molecule has 0 amide bonds. The molecule has 1 aromatic carbocycles. The number of aliphatic carboxylic acids is 1. The molecule has 0 spiro atoms. The second-order valence-corrected chi connectivity index (χ2v) is 4.40. The third-order valence-corrected chi connectivity index (χ3v) is 2.36. The number of rotatable bonds is 5. The molecule has 0 aliphatic carbocycles. The molecule has 1 rings (SSSR count). The number of hydrogen-bond acceptors (Lipinski definition) is 2. The topological polar surface area (TPSA) is 46.5 Å². The van der Waals surface area contributed by atoms with Gasteiger partial charge in [0.1, 0.15) is 12.4 Å². The number of carbonyl (C=O) groups is 1. The molecule has 1 N–H and O–H groups in total. The third kappa shape index (κ3) is 4.09. The van der Waals surface area contributed by atoms with Crippen molar-refractivity contribution in [2.75, 3.05) is 6.61 Å². The molecule has 0 atom stereocenters. The first-order valence-electron chi connectivity index (χ1n) is 5.69. The fourth-order valence-electron chi connectivity index (χ4n) is 1.67. The highest BCUT2D eigenvalue weighted by Gasteiger charge is 2.05. The Balaban J connectivity index is 2.97. The fraction of sp³-hybridized carbons (Fsp3) is 0.267. The zero-order valence-corrected chi connectivity index (χ0v) is 11.0. The Morgan fingerprint density at radius 3 is 2.39 bits per heavy atom. The van der Waals surface area contributed by atoms with Crippen LogP contribution in [0.2, 0.25) is 0 Å². The SMILES string of the molecule is C=C(C)COc1c(C)cc(C=CC(=O)O)cc1C. The largest absolute Gasteiger partial charge is 0.489 e. The highest BCUT2D eigenvalue weighted by atomic mass is 16.5. The first kappa shape index (κ1) is 14.0. The van der Waals surface area contributed by atoms with Gasteiger partial charge >= 0.3 is 5.97 Å². The summed E-state index contributed by atoms with van der Waals surface area (Å²) in [4.78, 5) is 10.5. The summed E-state index contributed by atoms with van der Waals surface area (Å²) in [6.45, 7) is 10.1. The molecule has 0 aromatic heterocycles. The van der Waals surface area contributed by atoms with Gasteiger partial charge in [-0.1, -0.05) is 6.58 Å². The summed E-state index contributed by atoms with van der Waals surface area (Å²) in [5.74, 6) is -0.113. The van der Waals surface area contributed by atoms with Crippen molar-refractivity contribution >= 4 is 12.0 Å². The van der Waals surface area contributed by atoms with E-state index in [0.29, 0.717) is 6.61 Å². The number of carboxylic acids is 1. The molecule has 0 heterocycles. The Kier molecular flexibility index (Phi) is 4.72. The fourth-order valence-corrected chi connectivity index (χ4v) is 1.67. The van der Waals surface area contributed by atoms with E-state index >= 15 is 0 Å². The van der Waals surface area contributed by atoms with Gasteiger partial charge in [0.05, 0.1) is 0 Å². The van der Waals surface area contributed by atoms with Crippen LogP contribution in [0.1, 0.15) is 23.6 Å². The predicted octanol–water partition coefficient (Wildman–Crippen LogP) is 3.36. The number of carboxylic acid groups (broad SMARTS) is 1. The van der Waals surface area contributed by atoms with Gasteiger partial charge < -0.3 is 9.84 Å². The number of hydrogen-bond donors (Lipinski definition) is 1. The summed E-state index contributed by atoms with van der Waals surface area (Å²) < 4.78 is 5.67. The second kappa shape index (κ2) is 6.05. The Morgan fingerprint density at radius 1 is 1.39 bits per heavy atom. The van der Waals surface area contributed by atoms with E-state index in [9.17, 15) is 4.79 Å². The van der Waals surface area contributed by atoms with Crippen LogP contribution in [0.15, 0.2) is 30.4 Å². The van der Waals surface area contributed by atoms with Crippen molar-refractivity contribution in [2.45, 2.75) is 20.8 Å². The van der Waals surface area contributed by atoms with Crippen LogP contribution in [-0.4, -0.2) is 17.7 Å². The van der Waals surface area contributed by atoms with Crippen molar-refractivity contribution in [3.63, 3.8) is 0 Å². The van der Waals surface area contributed by atoms with E-state index in [0.717, 1.165) is 34.1 Å². The highest BCUT2D eigenvalue weighted by Crippen LogP contribution is 2.25. The van der Waals surface area contributed by atoms with Gasteiger partial charge in [-0.25, -0.2) is 4.79 Å². The van der Waals surface area contributed by atoms with Crippen LogP contribution in [0.5, 0.6) is 5.75 Å². The smallest absolute Gasteiger partial charge is 0.328 e. The van der Waals surface area contributed by atoms with E-state index in [1.54, 1.807) is 6.08 Å². The van der Waals surface area contributed by atoms with E-state index in [4.69, 9.17) is 9.84 Å². The Bertz CT molecular complexity index is 475. The van der Waals surface area contributed by atoms with E-state index < -0.39 is 5.97 Å². The molecule has 0 aliphatic rings. The maximum atomic E-state index is 10.5. The quantitative estimate of drug-likeness (QED) is 0.640. The van der Waals surface area contributed by atoms with Gasteiger partial charge in [0.25, 0.3) is 0 Å². The molecule has 0 saturated carbocycles. The van der Waals surface area contributed by atoms with Crippen molar-refractivity contribution in [3.05, 3.63) is 47.1 Å². The average molecular weight is 246 g/mol. The van der Waals surface area contributed by atoms with Gasteiger partial charge in [0, 0.05) is 6.08 Å². The first-order chi connectivity index (χ1) is 8.40. The molecular formula is C15H18O3. The standard InChI is InChI=1S/C15H18O3/c1-10(2)9-18-15-11(3)7-13(8-12(15)4)5-6-14(16)17/h5-8H,1,9H2,2-4H3,(H,16,17). The molecule has 0 aliphatic heterocycles. The molecule has 0 unspecified atom stereocenters. The maximum absolute atomic E-state index is 10.5. The van der Waals surface area contributed by atoms with Crippen molar-refractivity contribution in [2.24, 2.45) is 0 Å². The summed E-state index contributed by atoms with van der Waals surface area (Å²) in [7, 11) is 0. The normalized spacial score (nSPS) is 10.6. The summed E-state index contributed by atoms with van der Waals surface area (Å²) in [5, 5.41) is 8.59. The van der Waals surface area contributed by atoms with E-state index in [-0.39, 0.29) is 0 Å². The van der Waals surface area contributed by atoms with E-state index in [2.05, 4.69) is 6.58 Å². The lowest BCUT2D eigenvalue weighted by atomic mass is 10.1. The van der Waals surface area contributed by atoms with Gasteiger partial charge in [-0.05, 0) is 61.2 Å². The third-order valence-electron chi connectivity index (χ3n) is 2.36. The Hall–Kier alpha value is -2.03. The predicted molar refractivity (Wildman–Crippen MR) is 72.9 cm³/mol. The van der Waals surface area contributed by atoms with Crippen molar-refractivity contribution in [1.29, 1.82) is 0 Å². The summed E-state index contributed by atoms with van der Waals surface area (Å²) >= 11 is 0. The van der Waals surface area contributed by atoms with Gasteiger partial charge in [0.15, 0.2) is 0 Å². The number of benzene rings is 1. The molecule has 96 valence electrons. The minimum Gasteiger partial charge on any atom is -0.489 e. The average Bonchev–Trinajstić information content (AvgIpc) is 2.24. The van der Waals surface area contributed by atoms with Gasteiger partial charge in [-0.3, -0.25) is 0 Å². The zero-order valence-electron chi connectivity index (χ0n) is 11.0. The summed E-state index contributed by atoms with van der Waals surface area (Å²) in [6, 6.07) is 3.81. The number of aryl methyl sites for hydroxylation is 2. The molecule has 0 fully saturated rings. The number of ether oxygens (including phenoxy) is 1. The van der Waals surface area contributed by atoms with E-state index in [1.165, 1.54) is 0 Å². The molecule has 18 heavy (non-hydrogen) atoms. The van der Waals surface area contributed by atoms with Crippen LogP contribution >= 0.6 is 0 Å². The van der Waals surface area contributed by atoms with Crippen LogP contribution in [0, 0.1) is 13.8 Å². The van der Waals surface area contributed by atoms with Gasteiger partial charge in [-0.15, -0.1) is 0 Å². The minimum atomic E-state index is -0.951.